The maximum Gasteiger partial charge on any atom is 0.471 e. The number of aromatic nitrogens is 6. The summed E-state index contributed by atoms with van der Waals surface area (Å²) < 4.78 is 134. The molecule has 2 fully saturated rings. The zero-order valence-electron chi connectivity index (χ0n) is 54.3. The SMILES string of the molecule is COCOC1C[C@H](n2cc(C#CCOCSSC(C)(C)CNC(=O)C(F)(F)F)c3c(/N=C/N(C)CC(OC)OC4C[C@H](n5cc(C#CCOCSSC(C)(C)CNC(=O)C(F)(F)F)c6c(/N=C/N(C)C)ncnc65)O[C@@H]4CO[Si](C)(C)C(C)(C)C)ncnc32)O[C@@H]1CO. The lowest BCUT2D eigenvalue weighted by atomic mass is 10.2. The molecular formula is C58H82F6N12O12S4Si. The van der Waals surface area contributed by atoms with E-state index in [1.807, 2.05) is 35.5 Å². The molecule has 2 saturated heterocycles. The molecule has 2 aliphatic rings. The molecule has 3 unspecified atom stereocenters. The van der Waals surface area contributed by atoms with Gasteiger partial charge in [-0.15, -0.1) is 0 Å². The number of fused-ring (bicyclic) bond motifs is 2. The Morgan fingerprint density at radius 3 is 1.70 bits per heavy atom. The molecule has 2 aliphatic heterocycles. The van der Waals surface area contributed by atoms with Gasteiger partial charge in [-0.05, 0) is 45.8 Å². The van der Waals surface area contributed by atoms with Gasteiger partial charge in [-0.3, -0.25) is 9.59 Å². The predicted octanol–water partition coefficient (Wildman–Crippen LogP) is 8.95. The van der Waals surface area contributed by atoms with Crippen LogP contribution in [0.2, 0.25) is 18.1 Å². The van der Waals surface area contributed by atoms with E-state index in [9.17, 15) is 41.0 Å². The Morgan fingerprint density at radius 2 is 1.25 bits per heavy atom. The number of nitrogens with one attached hydrogen (secondary N) is 2. The van der Waals surface area contributed by atoms with E-state index in [1.54, 1.807) is 68.0 Å². The van der Waals surface area contributed by atoms with E-state index in [4.69, 9.17) is 52.3 Å². The van der Waals surface area contributed by atoms with Gasteiger partial charge in [0.2, 0.25) is 0 Å². The molecule has 4 aromatic rings. The van der Waals surface area contributed by atoms with E-state index in [1.165, 1.54) is 70.0 Å². The molecule has 0 radical (unpaired) electrons. The molecule has 0 bridgehead atoms. The van der Waals surface area contributed by atoms with Crippen LogP contribution in [0.4, 0.5) is 38.0 Å². The van der Waals surface area contributed by atoms with E-state index >= 15 is 0 Å². The number of nitrogens with zero attached hydrogens (tertiary/aromatic N) is 10. The third-order valence-corrected chi connectivity index (χ3v) is 24.9. The number of hydrogen-bond acceptors (Lipinski definition) is 22. The first-order chi connectivity index (χ1) is 43.7. The Kier molecular flexibility index (Phi) is 28.4. The predicted molar refractivity (Wildman–Crippen MR) is 349 cm³/mol. The van der Waals surface area contributed by atoms with Crippen molar-refractivity contribution in [1.29, 1.82) is 0 Å². The minimum Gasteiger partial charge on any atom is -0.414 e. The summed E-state index contributed by atoms with van der Waals surface area (Å²) in [6, 6.07) is 0. The molecule has 2 amide bonds. The minimum atomic E-state index is -4.98. The summed E-state index contributed by atoms with van der Waals surface area (Å²) in [5.41, 5.74) is 1.96. The standard InChI is InChI=1S/C58H82F6N12O12S4Si/c1-54(2,3)93(13,14)85-27-42-40(22-44(87-42)76-24-37(46-48(71-32-73(8)9)67-30-69-50(46)76)17-15-19-82-35-89-91-55(4,5)28-65-52(78)57(59,60)61)88-45(81-12)25-74(10)33-72-49-47-38(18-16-20-83-36-90-92-56(6,7)29-66-53(79)58(62,63)64)23-75(51(47)70-31-68-49)43-21-39(84-34-80-11)41(26-77)86-43/h23-24,30-33,39-45,77H,19-22,25-29,34-36H2,1-14H3,(H,65,78)(H,66,79)/b71-32+,72-33+/t39?,40?,41-,42-,43-,44-,45?/m1/s1. The number of likely N-dealkylation sites (N-methyl/N-ethyl adjacent to an activating group) is 1. The third kappa shape index (κ3) is 22.8. The Bertz CT molecular complexity index is 3320. The Morgan fingerprint density at radius 1 is 0.763 bits per heavy atom. The number of carbonyl (C=O) groups is 2. The fraction of sp³-hybridized carbons (Fsp3) is 0.655. The Balaban J connectivity index is 1.21. The van der Waals surface area contributed by atoms with Crippen LogP contribution >= 0.6 is 43.2 Å². The molecule has 0 spiro atoms. The second kappa shape index (κ2) is 34.3. The first-order valence-corrected chi connectivity index (χ1v) is 36.7. The topological polar surface area (TPSA) is 254 Å². The van der Waals surface area contributed by atoms with Gasteiger partial charge in [0, 0.05) is 83.2 Å². The zero-order chi connectivity index (χ0) is 68.5. The van der Waals surface area contributed by atoms with E-state index < -0.39 is 85.1 Å². The highest BCUT2D eigenvalue weighted by molar-refractivity contribution is 8.77. The molecule has 3 N–H and O–H groups in total. The monoisotopic (exact) mass is 1410 g/mol. The number of amides is 2. The van der Waals surface area contributed by atoms with Crippen LogP contribution in [0.3, 0.4) is 0 Å². The highest BCUT2D eigenvalue weighted by Crippen LogP contribution is 2.42. The van der Waals surface area contributed by atoms with Gasteiger partial charge in [0.15, 0.2) is 26.2 Å². The number of aliphatic imine (C=N–C) groups is 2. The lowest BCUT2D eigenvalue weighted by Gasteiger charge is -2.37. The van der Waals surface area contributed by atoms with Crippen molar-refractivity contribution in [3.63, 3.8) is 0 Å². The van der Waals surface area contributed by atoms with E-state index in [2.05, 4.69) is 77.5 Å². The summed E-state index contributed by atoms with van der Waals surface area (Å²) in [7, 11) is 11.2. The summed E-state index contributed by atoms with van der Waals surface area (Å²) in [5.74, 6) is 9.36. The molecular weight excluding hydrogens is 1330 g/mol. The van der Waals surface area contributed by atoms with Crippen molar-refractivity contribution in [1.82, 2.24) is 49.5 Å². The molecule has 0 saturated carbocycles. The van der Waals surface area contributed by atoms with Crippen molar-refractivity contribution in [2.24, 2.45) is 9.98 Å². The second-order valence-corrected chi connectivity index (χ2v) is 35.0. The number of halogens is 6. The lowest BCUT2D eigenvalue weighted by Crippen LogP contribution is -2.45. The number of carbonyl (C=O) groups excluding carboxylic acids is 2. The Hall–Kier alpha value is -4.96. The zero-order valence-corrected chi connectivity index (χ0v) is 58.6. The maximum absolute atomic E-state index is 12.8. The van der Waals surface area contributed by atoms with E-state index in [-0.39, 0.29) is 75.6 Å². The van der Waals surface area contributed by atoms with Gasteiger partial charge >= 0.3 is 24.2 Å². The Labute approximate surface area is 554 Å². The summed E-state index contributed by atoms with van der Waals surface area (Å²) in [6.07, 6.45) is -4.17. The smallest absolute Gasteiger partial charge is 0.414 e. The molecule has 35 heteroatoms. The summed E-state index contributed by atoms with van der Waals surface area (Å²) >= 11 is 0. The number of rotatable bonds is 32. The normalized spacial score (nSPS) is 19.5. The summed E-state index contributed by atoms with van der Waals surface area (Å²) in [4.78, 5) is 54.1. The van der Waals surface area contributed by atoms with Gasteiger partial charge in [0.1, 0.15) is 80.5 Å². The highest BCUT2D eigenvalue weighted by atomic mass is 33.1. The number of methoxy groups -OCH3 is 2. The van der Waals surface area contributed by atoms with Gasteiger partial charge in [0.25, 0.3) is 0 Å². The van der Waals surface area contributed by atoms with E-state index in [0.29, 0.717) is 51.9 Å². The van der Waals surface area contributed by atoms with Crippen LogP contribution in [0.15, 0.2) is 35.0 Å². The van der Waals surface area contributed by atoms with Crippen molar-refractivity contribution in [3.05, 3.63) is 36.2 Å². The van der Waals surface area contributed by atoms with Crippen LogP contribution in [-0.2, 0) is 51.9 Å². The van der Waals surface area contributed by atoms with Gasteiger partial charge in [-0.1, -0.05) is 87.6 Å². The largest absolute Gasteiger partial charge is 0.471 e. The quantitative estimate of drug-likeness (QED) is 0.00602. The molecule has 6 heterocycles. The van der Waals surface area contributed by atoms with Crippen molar-refractivity contribution < 1.29 is 83.4 Å². The summed E-state index contributed by atoms with van der Waals surface area (Å²) in [5, 5.41) is 15.0. The maximum atomic E-state index is 12.8. The van der Waals surface area contributed by atoms with Crippen LogP contribution in [0.25, 0.3) is 22.1 Å². The van der Waals surface area contributed by atoms with Gasteiger partial charge < -0.3 is 77.0 Å². The second-order valence-electron chi connectivity index (χ2n) is 24.3. The van der Waals surface area contributed by atoms with Crippen LogP contribution in [0.1, 0.15) is 84.9 Å². The molecule has 0 aromatic carbocycles. The molecule has 7 atom stereocenters. The first-order valence-electron chi connectivity index (χ1n) is 29.1. The number of aliphatic hydroxyl groups excluding tert-OH is 1. The van der Waals surface area contributed by atoms with Crippen molar-refractivity contribution in [2.45, 2.75) is 144 Å². The molecule has 93 heavy (non-hydrogen) atoms. The molecule has 24 nitrogen and oxygen atoms in total. The number of aliphatic hydroxyl groups is 1. The molecule has 4 aromatic heterocycles. The van der Waals surface area contributed by atoms with Gasteiger partial charge in [-0.2, -0.15) is 26.3 Å². The number of hydrogen-bond donors (Lipinski definition) is 3. The average molecular weight is 1410 g/mol. The molecule has 516 valence electrons. The summed E-state index contributed by atoms with van der Waals surface area (Å²) in [6.45, 7) is 17.2. The van der Waals surface area contributed by atoms with Gasteiger partial charge in [0.05, 0.1) is 66.5 Å². The highest BCUT2D eigenvalue weighted by Gasteiger charge is 2.45. The third-order valence-electron chi connectivity index (χ3n) is 14.5. The van der Waals surface area contributed by atoms with Crippen LogP contribution in [0, 0.1) is 23.7 Å². The van der Waals surface area contributed by atoms with Crippen molar-refractivity contribution >= 4 is 110 Å². The fourth-order valence-corrected chi connectivity index (χ4v) is 14.0. The fourth-order valence-electron chi connectivity index (χ4n) is 8.70. The van der Waals surface area contributed by atoms with Crippen LogP contribution < -0.4 is 10.6 Å². The first kappa shape index (κ1) is 77.0. The minimum absolute atomic E-state index is 0.00510. The van der Waals surface area contributed by atoms with Crippen LogP contribution in [-0.4, -0.2) is 229 Å². The number of ether oxygens (including phenoxy) is 8. The molecule has 6 rings (SSSR count). The van der Waals surface area contributed by atoms with Crippen LogP contribution in [0.5, 0.6) is 0 Å². The van der Waals surface area contributed by atoms with Crippen molar-refractivity contribution in [2.75, 3.05) is 100 Å². The lowest BCUT2D eigenvalue weighted by molar-refractivity contribution is -0.173. The number of alkyl halides is 6. The average Bonchev–Trinajstić information content (AvgIpc) is 1.63. The van der Waals surface area contributed by atoms with Crippen molar-refractivity contribution in [3.8, 4) is 23.7 Å². The van der Waals surface area contributed by atoms with Gasteiger partial charge in [-0.25, -0.2) is 29.9 Å². The van der Waals surface area contributed by atoms with E-state index in [0.717, 1.165) is 0 Å². The molecule has 0 aliphatic carbocycles.